The Labute approximate surface area is 91.3 Å². The van der Waals surface area contributed by atoms with Crippen LogP contribution in [0.25, 0.3) is 22.1 Å². The molecule has 0 aliphatic rings. The van der Waals surface area contributed by atoms with E-state index in [0.717, 1.165) is 27.7 Å². The van der Waals surface area contributed by atoms with Gasteiger partial charge in [0.2, 0.25) is 0 Å². The predicted octanol–water partition coefficient (Wildman–Crippen LogP) is 2.11. The third-order valence-electron chi connectivity index (χ3n) is 2.62. The van der Waals surface area contributed by atoms with Crippen LogP contribution in [-0.4, -0.2) is 15.2 Å². The zero-order chi connectivity index (χ0) is 11.1. The first-order valence-electron chi connectivity index (χ1n) is 4.89. The summed E-state index contributed by atoms with van der Waals surface area (Å²) < 4.78 is 5.52. The van der Waals surface area contributed by atoms with Gasteiger partial charge in [0, 0.05) is 23.5 Å². The molecule has 3 heterocycles. The van der Waals surface area contributed by atoms with Crippen molar-refractivity contribution in [2.45, 2.75) is 6.92 Å². The Morgan fingerprint density at radius 2 is 2.25 bits per heavy atom. The van der Waals surface area contributed by atoms with E-state index in [1.807, 2.05) is 6.92 Å². The molecule has 3 N–H and O–H groups in total. The van der Waals surface area contributed by atoms with E-state index in [4.69, 9.17) is 10.2 Å². The maximum Gasteiger partial charge on any atom is 0.147 e. The zero-order valence-electron chi connectivity index (χ0n) is 8.69. The van der Waals surface area contributed by atoms with Crippen molar-refractivity contribution >= 4 is 16.8 Å². The van der Waals surface area contributed by atoms with Crippen LogP contribution in [0.2, 0.25) is 0 Å². The molecule has 0 aliphatic carbocycles. The molecule has 5 heteroatoms. The summed E-state index contributed by atoms with van der Waals surface area (Å²) in [6.07, 6.45) is 6.91. The van der Waals surface area contributed by atoms with E-state index in [1.54, 1.807) is 24.9 Å². The topological polar surface area (TPSA) is 80.7 Å². The van der Waals surface area contributed by atoms with Crippen molar-refractivity contribution in [2.24, 2.45) is 0 Å². The summed E-state index contributed by atoms with van der Waals surface area (Å²) in [4.78, 5) is 4.17. The van der Waals surface area contributed by atoms with Crippen molar-refractivity contribution in [2.75, 3.05) is 5.73 Å². The van der Waals surface area contributed by atoms with E-state index in [9.17, 15) is 0 Å². The van der Waals surface area contributed by atoms with Gasteiger partial charge in [0.25, 0.3) is 0 Å². The number of furan rings is 1. The molecule has 0 aliphatic heterocycles. The Balaban J connectivity index is 2.39. The lowest BCUT2D eigenvalue weighted by Gasteiger charge is -2.00. The molecule has 0 unspecified atom stereocenters. The molecule has 0 atom stereocenters. The second-order valence-electron chi connectivity index (χ2n) is 3.67. The fourth-order valence-electron chi connectivity index (χ4n) is 1.82. The number of H-pyrrole nitrogens is 1. The molecular weight excluding hydrogens is 204 g/mol. The number of pyridine rings is 1. The highest BCUT2D eigenvalue weighted by molar-refractivity contribution is 5.99. The molecule has 5 nitrogen and oxygen atoms in total. The summed E-state index contributed by atoms with van der Waals surface area (Å²) in [6.45, 7) is 1.95. The summed E-state index contributed by atoms with van der Waals surface area (Å²) in [5.41, 5.74) is 9.41. The third kappa shape index (κ3) is 1.11. The first kappa shape index (κ1) is 8.96. The van der Waals surface area contributed by atoms with Crippen LogP contribution in [0.5, 0.6) is 0 Å². The number of nitrogens with two attached hydrogens (primary N) is 1. The van der Waals surface area contributed by atoms with E-state index < -0.39 is 0 Å². The molecule has 80 valence electrons. The molecule has 0 saturated heterocycles. The lowest BCUT2D eigenvalue weighted by molar-refractivity contribution is 0.614. The van der Waals surface area contributed by atoms with Gasteiger partial charge in [0.05, 0.1) is 17.8 Å². The molecule has 0 spiro atoms. The second-order valence-corrected chi connectivity index (χ2v) is 3.67. The molecule has 0 saturated carbocycles. The number of nitrogen functional groups attached to an aromatic ring is 1. The van der Waals surface area contributed by atoms with Crippen LogP contribution in [0.4, 0.5) is 5.82 Å². The summed E-state index contributed by atoms with van der Waals surface area (Å²) in [5.74, 6) is 0.494. The molecule has 0 aromatic carbocycles. The van der Waals surface area contributed by atoms with Crippen LogP contribution in [0.1, 0.15) is 5.56 Å². The standard InChI is InChI=1S/C11H10N4O/c1-6-5-16-10-8(7-2-14-15-3-7)4-13-11(12)9(6)10/h2-5H,1H3,(H2,12,13)(H,14,15). The number of hydrogen-bond donors (Lipinski definition) is 2. The van der Waals surface area contributed by atoms with Gasteiger partial charge in [-0.3, -0.25) is 5.10 Å². The van der Waals surface area contributed by atoms with Gasteiger partial charge < -0.3 is 10.2 Å². The van der Waals surface area contributed by atoms with Crippen LogP contribution in [-0.2, 0) is 0 Å². The maximum atomic E-state index is 5.83. The number of aromatic amines is 1. The zero-order valence-corrected chi connectivity index (χ0v) is 8.69. The molecule has 0 amide bonds. The minimum atomic E-state index is 0.494. The fraction of sp³-hybridized carbons (Fsp3) is 0.0909. The average molecular weight is 214 g/mol. The monoisotopic (exact) mass is 214 g/mol. The molecule has 0 bridgehead atoms. The van der Waals surface area contributed by atoms with Gasteiger partial charge >= 0.3 is 0 Å². The molecule has 16 heavy (non-hydrogen) atoms. The molecule has 0 radical (unpaired) electrons. The van der Waals surface area contributed by atoms with Crippen LogP contribution in [0, 0.1) is 6.92 Å². The van der Waals surface area contributed by atoms with E-state index in [2.05, 4.69) is 15.2 Å². The maximum absolute atomic E-state index is 5.83. The van der Waals surface area contributed by atoms with Crippen LogP contribution in [0.3, 0.4) is 0 Å². The molecular formula is C11H10N4O. The number of rotatable bonds is 1. The molecule has 3 aromatic rings. The molecule has 0 fully saturated rings. The van der Waals surface area contributed by atoms with Crippen molar-refractivity contribution in [3.05, 3.63) is 30.4 Å². The largest absolute Gasteiger partial charge is 0.463 e. The lowest BCUT2D eigenvalue weighted by Crippen LogP contribution is -1.92. The number of anilines is 1. The van der Waals surface area contributed by atoms with E-state index in [0.29, 0.717) is 5.82 Å². The van der Waals surface area contributed by atoms with Crippen molar-refractivity contribution < 1.29 is 4.42 Å². The Hall–Kier alpha value is -2.30. The number of fused-ring (bicyclic) bond motifs is 1. The van der Waals surface area contributed by atoms with Crippen LogP contribution >= 0.6 is 0 Å². The van der Waals surface area contributed by atoms with Gasteiger partial charge in [-0.1, -0.05) is 0 Å². The van der Waals surface area contributed by atoms with Gasteiger partial charge in [-0.15, -0.1) is 0 Å². The van der Waals surface area contributed by atoms with Gasteiger partial charge in [-0.2, -0.15) is 5.10 Å². The van der Waals surface area contributed by atoms with Crippen molar-refractivity contribution in [1.82, 2.24) is 15.2 Å². The smallest absolute Gasteiger partial charge is 0.147 e. The quantitative estimate of drug-likeness (QED) is 0.650. The van der Waals surface area contributed by atoms with Gasteiger partial charge in [0.1, 0.15) is 11.4 Å². The molecule has 3 rings (SSSR count). The number of hydrogen-bond acceptors (Lipinski definition) is 4. The van der Waals surface area contributed by atoms with E-state index in [-0.39, 0.29) is 0 Å². The van der Waals surface area contributed by atoms with Crippen LogP contribution < -0.4 is 5.73 Å². The first-order valence-corrected chi connectivity index (χ1v) is 4.89. The Bertz CT molecular complexity index is 639. The summed E-state index contributed by atoms with van der Waals surface area (Å²) in [6, 6.07) is 0. The summed E-state index contributed by atoms with van der Waals surface area (Å²) >= 11 is 0. The normalized spacial score (nSPS) is 11.1. The Morgan fingerprint density at radius 1 is 1.38 bits per heavy atom. The number of aromatic nitrogens is 3. The highest BCUT2D eigenvalue weighted by Gasteiger charge is 2.13. The van der Waals surface area contributed by atoms with Gasteiger partial charge in [-0.25, -0.2) is 4.98 Å². The Kier molecular flexibility index (Phi) is 1.73. The minimum absolute atomic E-state index is 0.494. The van der Waals surface area contributed by atoms with E-state index in [1.165, 1.54) is 0 Å². The Morgan fingerprint density at radius 3 is 3.00 bits per heavy atom. The highest BCUT2D eigenvalue weighted by atomic mass is 16.3. The lowest BCUT2D eigenvalue weighted by atomic mass is 10.1. The van der Waals surface area contributed by atoms with Gasteiger partial charge in [0.15, 0.2) is 0 Å². The predicted molar refractivity (Wildman–Crippen MR) is 60.7 cm³/mol. The van der Waals surface area contributed by atoms with Crippen molar-refractivity contribution in [3.8, 4) is 11.1 Å². The van der Waals surface area contributed by atoms with E-state index >= 15 is 0 Å². The van der Waals surface area contributed by atoms with Crippen LogP contribution in [0.15, 0.2) is 29.3 Å². The minimum Gasteiger partial charge on any atom is -0.463 e. The highest BCUT2D eigenvalue weighted by Crippen LogP contribution is 2.32. The summed E-state index contributed by atoms with van der Waals surface area (Å²) in [5, 5.41) is 7.55. The van der Waals surface area contributed by atoms with Crippen molar-refractivity contribution in [1.29, 1.82) is 0 Å². The van der Waals surface area contributed by atoms with Crippen molar-refractivity contribution in [3.63, 3.8) is 0 Å². The van der Waals surface area contributed by atoms with Gasteiger partial charge in [-0.05, 0) is 12.5 Å². The number of aryl methyl sites for hydroxylation is 1. The fourth-order valence-corrected chi connectivity index (χ4v) is 1.82. The number of nitrogens with zero attached hydrogens (tertiary/aromatic N) is 2. The second kappa shape index (κ2) is 3.10. The third-order valence-corrected chi connectivity index (χ3v) is 2.62. The number of nitrogens with one attached hydrogen (secondary N) is 1. The molecule has 3 aromatic heterocycles. The average Bonchev–Trinajstić information content (AvgIpc) is 2.89. The SMILES string of the molecule is Cc1coc2c(-c3cn[nH]c3)cnc(N)c12. The summed E-state index contributed by atoms with van der Waals surface area (Å²) in [7, 11) is 0. The first-order chi connectivity index (χ1) is 7.77.